The number of carbonyl (C=O) groups is 1. The molecule has 4 aromatic carbocycles. The van der Waals surface area contributed by atoms with Gasteiger partial charge >= 0.3 is 0 Å². The first-order valence-electron chi connectivity index (χ1n) is 11.0. The summed E-state index contributed by atoms with van der Waals surface area (Å²) in [5, 5.41) is 8.38. The summed E-state index contributed by atoms with van der Waals surface area (Å²) >= 11 is 0. The van der Waals surface area contributed by atoms with Gasteiger partial charge in [0.25, 0.3) is 0 Å². The van der Waals surface area contributed by atoms with E-state index in [-0.39, 0.29) is 12.5 Å². The van der Waals surface area contributed by atoms with Gasteiger partial charge in [-0.1, -0.05) is 66.7 Å². The SMILES string of the molecule is O=C(CNCc1ccccc1)Nc1ccc2c(c1)[nH]c1cc(OCc3ccccc3)ccc12. The average Bonchev–Trinajstić information content (AvgIpc) is 3.21. The van der Waals surface area contributed by atoms with Gasteiger partial charge in [0.2, 0.25) is 5.91 Å². The van der Waals surface area contributed by atoms with Crippen LogP contribution in [-0.2, 0) is 17.9 Å². The van der Waals surface area contributed by atoms with E-state index in [2.05, 4.69) is 33.8 Å². The van der Waals surface area contributed by atoms with Gasteiger partial charge in [-0.25, -0.2) is 0 Å². The van der Waals surface area contributed by atoms with Crippen LogP contribution in [-0.4, -0.2) is 17.4 Å². The Bertz CT molecular complexity index is 1380. The Hall–Kier alpha value is -4.09. The maximum Gasteiger partial charge on any atom is 0.238 e. The van der Waals surface area contributed by atoms with E-state index in [4.69, 9.17) is 4.74 Å². The van der Waals surface area contributed by atoms with Gasteiger partial charge in [-0.2, -0.15) is 0 Å². The highest BCUT2D eigenvalue weighted by molar-refractivity contribution is 6.09. The van der Waals surface area contributed by atoms with Crippen LogP contribution in [0.5, 0.6) is 5.75 Å². The molecule has 5 rings (SSSR count). The van der Waals surface area contributed by atoms with Crippen LogP contribution in [0.25, 0.3) is 21.8 Å². The lowest BCUT2D eigenvalue weighted by molar-refractivity contribution is -0.115. The summed E-state index contributed by atoms with van der Waals surface area (Å²) < 4.78 is 5.96. The monoisotopic (exact) mass is 435 g/mol. The van der Waals surface area contributed by atoms with Crippen molar-refractivity contribution in [2.24, 2.45) is 0 Å². The van der Waals surface area contributed by atoms with Crippen LogP contribution in [0.1, 0.15) is 11.1 Å². The van der Waals surface area contributed by atoms with E-state index in [9.17, 15) is 4.79 Å². The van der Waals surface area contributed by atoms with Gasteiger partial charge in [-0.05, 0) is 35.4 Å². The number of hydrogen-bond donors (Lipinski definition) is 3. The Labute approximate surface area is 192 Å². The first-order chi connectivity index (χ1) is 16.2. The predicted molar refractivity (Wildman–Crippen MR) is 133 cm³/mol. The second-order valence-corrected chi connectivity index (χ2v) is 8.00. The van der Waals surface area contributed by atoms with Gasteiger partial charge in [0, 0.05) is 34.6 Å². The molecule has 1 aromatic heterocycles. The number of anilines is 1. The largest absolute Gasteiger partial charge is 0.489 e. The molecule has 0 unspecified atom stereocenters. The third-order valence-corrected chi connectivity index (χ3v) is 5.56. The van der Waals surface area contributed by atoms with Crippen LogP contribution in [0.4, 0.5) is 5.69 Å². The Balaban J connectivity index is 1.24. The van der Waals surface area contributed by atoms with E-state index in [1.54, 1.807) is 0 Å². The molecule has 0 atom stereocenters. The third kappa shape index (κ3) is 5.05. The zero-order valence-corrected chi connectivity index (χ0v) is 18.2. The molecule has 0 aliphatic carbocycles. The van der Waals surface area contributed by atoms with E-state index < -0.39 is 0 Å². The van der Waals surface area contributed by atoms with E-state index in [1.165, 1.54) is 0 Å². The van der Waals surface area contributed by atoms with Gasteiger partial charge in [0.1, 0.15) is 12.4 Å². The van der Waals surface area contributed by atoms with Crippen molar-refractivity contribution in [2.75, 3.05) is 11.9 Å². The number of carbonyl (C=O) groups excluding carboxylic acids is 1. The number of aromatic nitrogens is 1. The van der Waals surface area contributed by atoms with Crippen LogP contribution in [0, 0.1) is 0 Å². The number of hydrogen-bond acceptors (Lipinski definition) is 3. The number of aromatic amines is 1. The van der Waals surface area contributed by atoms with Crippen LogP contribution in [0.15, 0.2) is 97.1 Å². The van der Waals surface area contributed by atoms with Crippen LogP contribution in [0.3, 0.4) is 0 Å². The molecule has 5 heteroatoms. The quantitative estimate of drug-likeness (QED) is 0.296. The standard InChI is InChI=1S/C28H25N3O2/c32-28(18-29-17-20-7-3-1-4-8-20)30-22-11-13-24-25-14-12-23(16-27(25)31-26(24)15-22)33-19-21-9-5-2-6-10-21/h1-16,29,31H,17-19H2,(H,30,32). The molecule has 0 spiro atoms. The highest BCUT2D eigenvalue weighted by Crippen LogP contribution is 2.30. The van der Waals surface area contributed by atoms with Crippen LogP contribution < -0.4 is 15.4 Å². The van der Waals surface area contributed by atoms with Crippen molar-refractivity contribution in [3.05, 3.63) is 108 Å². The van der Waals surface area contributed by atoms with Crippen molar-refractivity contribution < 1.29 is 9.53 Å². The number of fused-ring (bicyclic) bond motifs is 3. The van der Waals surface area contributed by atoms with Gasteiger partial charge < -0.3 is 20.4 Å². The van der Waals surface area contributed by atoms with Crippen molar-refractivity contribution in [1.29, 1.82) is 0 Å². The minimum atomic E-state index is -0.0713. The minimum absolute atomic E-state index is 0.0713. The molecule has 0 bridgehead atoms. The number of amides is 1. The molecule has 0 aliphatic heterocycles. The highest BCUT2D eigenvalue weighted by Gasteiger charge is 2.08. The predicted octanol–water partition coefficient (Wildman–Crippen LogP) is 5.63. The van der Waals surface area contributed by atoms with E-state index in [0.717, 1.165) is 44.4 Å². The Morgan fingerprint density at radius 3 is 2.18 bits per heavy atom. The number of benzene rings is 4. The highest BCUT2D eigenvalue weighted by atomic mass is 16.5. The first kappa shape index (κ1) is 20.8. The lowest BCUT2D eigenvalue weighted by Crippen LogP contribution is -2.27. The molecule has 1 heterocycles. The smallest absolute Gasteiger partial charge is 0.238 e. The number of nitrogens with one attached hydrogen (secondary N) is 3. The molecular formula is C28H25N3O2. The van der Waals surface area contributed by atoms with E-state index in [0.29, 0.717) is 13.2 Å². The molecule has 33 heavy (non-hydrogen) atoms. The van der Waals surface area contributed by atoms with Gasteiger partial charge in [0.05, 0.1) is 12.1 Å². The molecular weight excluding hydrogens is 410 g/mol. The summed E-state index contributed by atoms with van der Waals surface area (Å²) in [6.07, 6.45) is 0. The third-order valence-electron chi connectivity index (χ3n) is 5.56. The van der Waals surface area contributed by atoms with Gasteiger partial charge in [-0.3, -0.25) is 4.79 Å². The van der Waals surface area contributed by atoms with Crippen molar-refractivity contribution in [3.63, 3.8) is 0 Å². The molecule has 0 aliphatic rings. The van der Waals surface area contributed by atoms with Crippen molar-refractivity contribution in [1.82, 2.24) is 10.3 Å². The summed E-state index contributed by atoms with van der Waals surface area (Å²) in [6.45, 7) is 1.44. The molecule has 0 fully saturated rings. The maximum absolute atomic E-state index is 12.3. The Kier molecular flexibility index (Phi) is 6.04. The molecule has 0 saturated carbocycles. The first-order valence-corrected chi connectivity index (χ1v) is 11.0. The van der Waals surface area contributed by atoms with Crippen molar-refractivity contribution in [3.8, 4) is 5.75 Å². The minimum Gasteiger partial charge on any atom is -0.489 e. The van der Waals surface area contributed by atoms with E-state index in [1.807, 2.05) is 78.9 Å². The second kappa shape index (κ2) is 9.59. The fourth-order valence-corrected chi connectivity index (χ4v) is 3.92. The molecule has 1 amide bonds. The molecule has 5 nitrogen and oxygen atoms in total. The van der Waals surface area contributed by atoms with Crippen LogP contribution in [0.2, 0.25) is 0 Å². The Morgan fingerprint density at radius 2 is 1.42 bits per heavy atom. The summed E-state index contributed by atoms with van der Waals surface area (Å²) in [6, 6.07) is 32.2. The zero-order valence-electron chi connectivity index (χ0n) is 18.2. The summed E-state index contributed by atoms with van der Waals surface area (Å²) in [7, 11) is 0. The molecule has 3 N–H and O–H groups in total. The lowest BCUT2D eigenvalue weighted by atomic mass is 10.1. The molecule has 0 saturated heterocycles. The number of ether oxygens (including phenoxy) is 1. The van der Waals surface area contributed by atoms with Crippen molar-refractivity contribution >= 4 is 33.4 Å². The molecule has 5 aromatic rings. The number of rotatable bonds is 8. The fourth-order valence-electron chi connectivity index (χ4n) is 3.92. The summed E-state index contributed by atoms with van der Waals surface area (Å²) in [5.41, 5.74) is 5.02. The van der Waals surface area contributed by atoms with Crippen molar-refractivity contribution in [2.45, 2.75) is 13.2 Å². The second-order valence-electron chi connectivity index (χ2n) is 8.00. The number of H-pyrrole nitrogens is 1. The normalized spacial score (nSPS) is 11.0. The fraction of sp³-hybridized carbons (Fsp3) is 0.107. The van der Waals surface area contributed by atoms with Gasteiger partial charge in [-0.15, -0.1) is 0 Å². The topological polar surface area (TPSA) is 66.2 Å². The molecule has 164 valence electrons. The van der Waals surface area contributed by atoms with Crippen LogP contribution >= 0.6 is 0 Å². The average molecular weight is 436 g/mol. The maximum atomic E-state index is 12.3. The summed E-state index contributed by atoms with van der Waals surface area (Å²) in [5.74, 6) is 0.744. The van der Waals surface area contributed by atoms with Gasteiger partial charge in [0.15, 0.2) is 0 Å². The summed E-state index contributed by atoms with van der Waals surface area (Å²) in [4.78, 5) is 15.8. The Morgan fingerprint density at radius 1 is 0.758 bits per heavy atom. The zero-order chi connectivity index (χ0) is 22.5. The molecule has 0 radical (unpaired) electrons. The lowest BCUT2D eigenvalue weighted by Gasteiger charge is -2.07. The van der Waals surface area contributed by atoms with E-state index >= 15 is 0 Å².